The molecule has 198 valence electrons. The number of carbonyl (C=O) groups is 2. The highest BCUT2D eigenvalue weighted by Gasteiger charge is 2.28. The van der Waals surface area contributed by atoms with E-state index in [0.29, 0.717) is 39.3 Å². The van der Waals surface area contributed by atoms with Crippen molar-refractivity contribution in [3.8, 4) is 11.1 Å². The van der Waals surface area contributed by atoms with Crippen LogP contribution in [0.3, 0.4) is 0 Å². The van der Waals surface area contributed by atoms with Crippen molar-refractivity contribution < 1.29 is 53.0 Å². The molecule has 4 rings (SSSR count). The molecule has 0 bridgehead atoms. The fraction of sp³-hybridized carbons (Fsp3) is 0.538. The molecule has 36 heavy (non-hydrogen) atoms. The summed E-state index contributed by atoms with van der Waals surface area (Å²) in [6, 6.07) is 8.05. The average molecular weight is 540 g/mol. The van der Waals surface area contributed by atoms with Crippen LogP contribution in [0.15, 0.2) is 49.1 Å². The van der Waals surface area contributed by atoms with Crippen molar-refractivity contribution in [2.75, 3.05) is 26.2 Å². The number of nitrogens with zero attached hydrogens (tertiary/aromatic N) is 4. The Labute approximate surface area is 226 Å². The van der Waals surface area contributed by atoms with Gasteiger partial charge < -0.3 is 44.1 Å². The van der Waals surface area contributed by atoms with Crippen molar-refractivity contribution in [3.63, 3.8) is 0 Å². The summed E-state index contributed by atoms with van der Waals surface area (Å²) in [5.41, 5.74) is 2.12. The standard InChI is InChI=1S/C26H36N4O4.2ClH/c1-19-13-29(14-20(2)33-19)25(31)17-27-9-5-23(6-10-27)24-7-11-28(12-8-24)18-26(32)30-15-21(3)34-22(4)16-30;;/h5-12,19-22H,13-18H2,1-4H3;2*1H/q+2;;/p-2. The fourth-order valence-corrected chi connectivity index (χ4v) is 4.79. The highest BCUT2D eigenvalue weighted by Crippen LogP contribution is 2.16. The second-order valence-corrected chi connectivity index (χ2v) is 9.63. The number of pyridine rings is 2. The molecular formula is C26H36Cl2N4O4. The van der Waals surface area contributed by atoms with Crippen LogP contribution in [-0.4, -0.2) is 72.2 Å². The van der Waals surface area contributed by atoms with Gasteiger partial charge in [-0.05, 0) is 38.8 Å². The number of amides is 2. The van der Waals surface area contributed by atoms with Crippen molar-refractivity contribution >= 4 is 11.8 Å². The van der Waals surface area contributed by atoms with E-state index in [2.05, 4.69) is 0 Å². The topological polar surface area (TPSA) is 66.8 Å². The van der Waals surface area contributed by atoms with Gasteiger partial charge in [-0.2, -0.15) is 9.13 Å². The lowest BCUT2D eigenvalue weighted by Crippen LogP contribution is -3.00. The third-order valence-electron chi connectivity index (χ3n) is 6.30. The van der Waals surface area contributed by atoms with E-state index < -0.39 is 0 Å². The van der Waals surface area contributed by atoms with E-state index in [0.717, 1.165) is 11.1 Å². The molecule has 10 heteroatoms. The summed E-state index contributed by atoms with van der Waals surface area (Å²) < 4.78 is 15.3. The number of ether oxygens (including phenoxy) is 2. The first-order valence-electron chi connectivity index (χ1n) is 12.1. The van der Waals surface area contributed by atoms with Crippen LogP contribution in [0.5, 0.6) is 0 Å². The van der Waals surface area contributed by atoms with Crippen molar-refractivity contribution in [1.82, 2.24) is 9.80 Å². The molecule has 0 aromatic carbocycles. The van der Waals surface area contributed by atoms with E-state index in [1.165, 1.54) is 0 Å². The van der Waals surface area contributed by atoms with Gasteiger partial charge in [0.1, 0.15) is 0 Å². The maximum Gasteiger partial charge on any atom is 0.288 e. The Morgan fingerprint density at radius 2 is 0.944 bits per heavy atom. The second kappa shape index (κ2) is 13.3. The first kappa shape index (κ1) is 30.0. The van der Waals surface area contributed by atoms with E-state index in [1.807, 2.05) is 95.7 Å². The summed E-state index contributed by atoms with van der Waals surface area (Å²) in [5, 5.41) is 0. The lowest BCUT2D eigenvalue weighted by molar-refractivity contribution is -0.685. The molecule has 2 aliphatic heterocycles. The van der Waals surface area contributed by atoms with E-state index in [1.54, 1.807) is 0 Å². The van der Waals surface area contributed by atoms with Crippen LogP contribution in [0.4, 0.5) is 0 Å². The molecule has 8 nitrogen and oxygen atoms in total. The molecule has 4 atom stereocenters. The molecule has 2 aliphatic rings. The lowest BCUT2D eigenvalue weighted by atomic mass is 10.1. The molecular weight excluding hydrogens is 503 g/mol. The Morgan fingerprint density at radius 3 is 1.22 bits per heavy atom. The molecule has 0 spiro atoms. The second-order valence-electron chi connectivity index (χ2n) is 9.63. The summed E-state index contributed by atoms with van der Waals surface area (Å²) in [7, 11) is 0. The number of hydrogen-bond acceptors (Lipinski definition) is 4. The molecule has 2 amide bonds. The number of carbonyl (C=O) groups excluding carboxylic acids is 2. The molecule has 0 saturated carbocycles. The molecule has 2 fully saturated rings. The minimum Gasteiger partial charge on any atom is -1.00 e. The average Bonchev–Trinajstić information content (AvgIpc) is 2.79. The lowest BCUT2D eigenvalue weighted by Gasteiger charge is -2.34. The smallest absolute Gasteiger partial charge is 0.288 e. The maximum absolute atomic E-state index is 12.7. The first-order valence-corrected chi connectivity index (χ1v) is 12.1. The van der Waals surface area contributed by atoms with Gasteiger partial charge in [0.05, 0.1) is 24.4 Å². The predicted molar refractivity (Wildman–Crippen MR) is 125 cm³/mol. The largest absolute Gasteiger partial charge is 1.00 e. The number of hydrogen-bond donors (Lipinski definition) is 0. The van der Waals surface area contributed by atoms with Gasteiger partial charge in [-0.15, -0.1) is 0 Å². The van der Waals surface area contributed by atoms with Gasteiger partial charge in [0, 0.05) is 50.4 Å². The quantitative estimate of drug-likeness (QED) is 0.358. The van der Waals surface area contributed by atoms with Gasteiger partial charge >= 0.3 is 0 Å². The molecule has 2 saturated heterocycles. The van der Waals surface area contributed by atoms with Gasteiger partial charge in [-0.25, -0.2) is 0 Å². The molecule has 2 aromatic heterocycles. The number of rotatable bonds is 5. The van der Waals surface area contributed by atoms with E-state index in [-0.39, 0.29) is 61.0 Å². The minimum absolute atomic E-state index is 0. The highest BCUT2D eigenvalue weighted by molar-refractivity contribution is 5.75. The number of morpholine rings is 2. The first-order chi connectivity index (χ1) is 16.3. The van der Waals surface area contributed by atoms with Crippen LogP contribution >= 0.6 is 0 Å². The highest BCUT2D eigenvalue weighted by atomic mass is 35.5. The fourth-order valence-electron chi connectivity index (χ4n) is 4.79. The molecule has 0 aliphatic carbocycles. The summed E-state index contributed by atoms with van der Waals surface area (Å²) >= 11 is 0. The van der Waals surface area contributed by atoms with Crippen LogP contribution in [0.25, 0.3) is 11.1 Å². The van der Waals surface area contributed by atoms with Crippen LogP contribution in [0.2, 0.25) is 0 Å². The Hall–Kier alpha value is -2.26. The van der Waals surface area contributed by atoms with E-state index in [9.17, 15) is 9.59 Å². The number of halogens is 2. The van der Waals surface area contributed by atoms with Crippen LogP contribution < -0.4 is 33.9 Å². The number of aromatic nitrogens is 2. The van der Waals surface area contributed by atoms with Gasteiger partial charge in [0.15, 0.2) is 24.8 Å². The molecule has 0 N–H and O–H groups in total. The van der Waals surface area contributed by atoms with Crippen molar-refractivity contribution in [2.24, 2.45) is 0 Å². The van der Waals surface area contributed by atoms with E-state index in [4.69, 9.17) is 9.47 Å². The van der Waals surface area contributed by atoms with Gasteiger partial charge in [-0.1, -0.05) is 0 Å². The Balaban J connectivity index is 0.00000228. The zero-order valence-corrected chi connectivity index (χ0v) is 22.9. The SMILES string of the molecule is CC1CN(C(=O)C[n+]2ccc(-c3cc[n+](CC(=O)N4CC(C)OC(C)C4)cc3)cc2)CC(C)O1.[Cl-].[Cl-]. The molecule has 4 heterocycles. The molecule has 0 radical (unpaired) electrons. The van der Waals surface area contributed by atoms with Crippen LogP contribution in [0.1, 0.15) is 27.7 Å². The molecule has 2 aromatic rings. The monoisotopic (exact) mass is 538 g/mol. The zero-order chi connectivity index (χ0) is 24.2. The maximum atomic E-state index is 12.7. The third-order valence-corrected chi connectivity index (χ3v) is 6.30. The van der Waals surface area contributed by atoms with Gasteiger partial charge in [0.2, 0.25) is 13.1 Å². The third kappa shape index (κ3) is 7.87. The zero-order valence-electron chi connectivity index (χ0n) is 21.3. The Kier molecular flexibility index (Phi) is 11.1. The van der Waals surface area contributed by atoms with Gasteiger partial charge in [-0.3, -0.25) is 9.59 Å². The summed E-state index contributed by atoms with van der Waals surface area (Å²) in [5.74, 6) is 0.212. The molecule has 4 unspecified atom stereocenters. The predicted octanol–water partition coefficient (Wildman–Crippen LogP) is -4.79. The summed E-state index contributed by atoms with van der Waals surface area (Å²) in [6.45, 7) is 11.2. The summed E-state index contributed by atoms with van der Waals surface area (Å²) in [4.78, 5) is 29.2. The van der Waals surface area contributed by atoms with Gasteiger partial charge in [0.25, 0.3) is 11.8 Å². The Morgan fingerprint density at radius 1 is 0.667 bits per heavy atom. The van der Waals surface area contributed by atoms with Crippen molar-refractivity contribution in [3.05, 3.63) is 49.1 Å². The normalized spacial score (nSPS) is 23.9. The van der Waals surface area contributed by atoms with Crippen LogP contribution in [-0.2, 0) is 32.2 Å². The van der Waals surface area contributed by atoms with Crippen molar-refractivity contribution in [1.29, 1.82) is 0 Å². The Bertz CT molecular complexity index is 905. The van der Waals surface area contributed by atoms with Crippen molar-refractivity contribution in [2.45, 2.75) is 65.2 Å². The summed E-state index contributed by atoms with van der Waals surface area (Å²) in [6.07, 6.45) is 8.01. The van der Waals surface area contributed by atoms with E-state index >= 15 is 0 Å². The minimum atomic E-state index is 0. The van der Waals surface area contributed by atoms with Crippen LogP contribution in [0, 0.1) is 0 Å².